The number of amides is 1. The fourth-order valence-corrected chi connectivity index (χ4v) is 3.04. The van der Waals surface area contributed by atoms with Crippen LogP contribution in [0.15, 0.2) is 48.5 Å². The van der Waals surface area contributed by atoms with E-state index in [4.69, 9.17) is 16.3 Å². The zero-order valence-corrected chi connectivity index (χ0v) is 13.0. The first-order valence-corrected chi connectivity index (χ1v) is 7.86. The van der Waals surface area contributed by atoms with Gasteiger partial charge in [-0.05, 0) is 42.5 Å². The van der Waals surface area contributed by atoms with Gasteiger partial charge in [0.15, 0.2) is 6.61 Å². The SMILES string of the molecule is O=C(COc1ccccc1Cl)N[C@H]1CCCc2ccccc21. The summed E-state index contributed by atoms with van der Waals surface area (Å²) in [6, 6.07) is 15.5. The third kappa shape index (κ3) is 3.42. The fraction of sp³-hybridized carbons (Fsp3) is 0.278. The van der Waals surface area contributed by atoms with Crippen LogP contribution in [0.2, 0.25) is 5.02 Å². The summed E-state index contributed by atoms with van der Waals surface area (Å²) in [6.07, 6.45) is 3.14. The summed E-state index contributed by atoms with van der Waals surface area (Å²) in [5.41, 5.74) is 2.55. The molecule has 0 saturated heterocycles. The zero-order valence-electron chi connectivity index (χ0n) is 12.2. The Hall–Kier alpha value is -2.00. The fourth-order valence-electron chi connectivity index (χ4n) is 2.84. The number of carbonyl (C=O) groups is 1. The van der Waals surface area contributed by atoms with E-state index in [0.717, 1.165) is 19.3 Å². The van der Waals surface area contributed by atoms with Crippen LogP contribution in [0.5, 0.6) is 5.75 Å². The Morgan fingerprint density at radius 3 is 2.82 bits per heavy atom. The Morgan fingerprint density at radius 2 is 1.95 bits per heavy atom. The minimum atomic E-state index is -0.123. The molecule has 2 aromatic carbocycles. The van der Waals surface area contributed by atoms with Crippen molar-refractivity contribution in [1.29, 1.82) is 0 Å². The molecule has 0 unspecified atom stereocenters. The molecular formula is C18H18ClNO2. The maximum atomic E-state index is 12.1. The number of rotatable bonds is 4. The van der Waals surface area contributed by atoms with Gasteiger partial charge in [0.25, 0.3) is 5.91 Å². The van der Waals surface area contributed by atoms with Crippen LogP contribution in [-0.4, -0.2) is 12.5 Å². The second kappa shape index (κ2) is 6.84. The lowest BCUT2D eigenvalue weighted by Gasteiger charge is -2.26. The molecule has 1 aliphatic carbocycles. The lowest BCUT2D eigenvalue weighted by atomic mass is 9.88. The minimum Gasteiger partial charge on any atom is -0.482 e. The van der Waals surface area contributed by atoms with Crippen molar-refractivity contribution in [2.45, 2.75) is 25.3 Å². The van der Waals surface area contributed by atoms with Gasteiger partial charge in [0.1, 0.15) is 5.75 Å². The Labute approximate surface area is 135 Å². The van der Waals surface area contributed by atoms with Gasteiger partial charge in [-0.3, -0.25) is 4.79 Å². The first kappa shape index (κ1) is 14.9. The van der Waals surface area contributed by atoms with Crippen molar-refractivity contribution in [3.8, 4) is 5.75 Å². The van der Waals surface area contributed by atoms with Gasteiger partial charge >= 0.3 is 0 Å². The van der Waals surface area contributed by atoms with E-state index in [0.29, 0.717) is 10.8 Å². The monoisotopic (exact) mass is 315 g/mol. The number of nitrogens with one attached hydrogen (secondary N) is 1. The molecule has 3 nitrogen and oxygen atoms in total. The first-order chi connectivity index (χ1) is 10.7. The van der Waals surface area contributed by atoms with Gasteiger partial charge in [-0.1, -0.05) is 48.0 Å². The maximum Gasteiger partial charge on any atom is 0.258 e. The first-order valence-electron chi connectivity index (χ1n) is 7.48. The molecular weight excluding hydrogens is 298 g/mol. The Balaban J connectivity index is 1.60. The van der Waals surface area contributed by atoms with E-state index >= 15 is 0 Å². The van der Waals surface area contributed by atoms with Crippen LogP contribution in [0, 0.1) is 0 Å². The van der Waals surface area contributed by atoms with Gasteiger partial charge < -0.3 is 10.1 Å². The number of ether oxygens (including phenoxy) is 1. The molecule has 0 aliphatic heterocycles. The van der Waals surface area contributed by atoms with Crippen molar-refractivity contribution in [2.75, 3.05) is 6.61 Å². The highest BCUT2D eigenvalue weighted by molar-refractivity contribution is 6.32. The summed E-state index contributed by atoms with van der Waals surface area (Å²) < 4.78 is 5.48. The highest BCUT2D eigenvalue weighted by Crippen LogP contribution is 2.29. The smallest absolute Gasteiger partial charge is 0.258 e. The van der Waals surface area contributed by atoms with E-state index in [-0.39, 0.29) is 18.6 Å². The van der Waals surface area contributed by atoms with Crippen LogP contribution >= 0.6 is 11.6 Å². The zero-order chi connectivity index (χ0) is 15.4. The Bertz CT molecular complexity index is 672. The highest BCUT2D eigenvalue weighted by atomic mass is 35.5. The number of aryl methyl sites for hydroxylation is 1. The molecule has 0 bridgehead atoms. The molecule has 0 aromatic heterocycles. The number of hydrogen-bond acceptors (Lipinski definition) is 2. The topological polar surface area (TPSA) is 38.3 Å². The summed E-state index contributed by atoms with van der Waals surface area (Å²) >= 11 is 6.01. The van der Waals surface area contributed by atoms with Crippen molar-refractivity contribution in [2.24, 2.45) is 0 Å². The molecule has 3 rings (SSSR count). The Morgan fingerprint density at radius 1 is 1.18 bits per heavy atom. The second-order valence-corrected chi connectivity index (χ2v) is 5.84. The predicted molar refractivity (Wildman–Crippen MR) is 87.2 cm³/mol. The average molecular weight is 316 g/mol. The molecule has 0 radical (unpaired) electrons. The Kier molecular flexibility index (Phi) is 4.64. The summed E-state index contributed by atoms with van der Waals surface area (Å²) in [5.74, 6) is 0.407. The molecule has 0 heterocycles. The number of hydrogen-bond donors (Lipinski definition) is 1. The van der Waals surface area contributed by atoms with E-state index in [2.05, 4.69) is 17.4 Å². The molecule has 22 heavy (non-hydrogen) atoms. The second-order valence-electron chi connectivity index (χ2n) is 5.43. The van der Waals surface area contributed by atoms with Crippen molar-refractivity contribution >= 4 is 17.5 Å². The van der Waals surface area contributed by atoms with E-state index in [1.165, 1.54) is 11.1 Å². The standard InChI is InChI=1S/C18H18ClNO2/c19-15-9-3-4-11-17(15)22-12-18(21)20-16-10-5-7-13-6-1-2-8-14(13)16/h1-4,6,8-9,11,16H,5,7,10,12H2,(H,20,21)/t16-/m0/s1. The molecule has 0 fully saturated rings. The number of carbonyl (C=O) groups excluding carboxylic acids is 1. The van der Waals surface area contributed by atoms with Gasteiger partial charge in [-0.25, -0.2) is 0 Å². The maximum absolute atomic E-state index is 12.1. The molecule has 0 saturated carbocycles. The van der Waals surface area contributed by atoms with Gasteiger partial charge in [0, 0.05) is 0 Å². The van der Waals surface area contributed by atoms with Crippen molar-refractivity contribution in [1.82, 2.24) is 5.32 Å². The summed E-state index contributed by atoms with van der Waals surface area (Å²) in [5, 5.41) is 3.57. The molecule has 4 heteroatoms. The van der Waals surface area contributed by atoms with E-state index < -0.39 is 0 Å². The molecule has 0 spiro atoms. The third-order valence-electron chi connectivity index (χ3n) is 3.90. The van der Waals surface area contributed by atoms with Crippen molar-refractivity contribution < 1.29 is 9.53 Å². The molecule has 114 valence electrons. The van der Waals surface area contributed by atoms with Crippen molar-refractivity contribution in [3.63, 3.8) is 0 Å². The van der Waals surface area contributed by atoms with Crippen molar-refractivity contribution in [3.05, 3.63) is 64.7 Å². The minimum absolute atomic E-state index is 0.0254. The van der Waals surface area contributed by atoms with E-state index in [1.807, 2.05) is 24.3 Å². The van der Waals surface area contributed by atoms with Crippen LogP contribution in [0.1, 0.15) is 30.0 Å². The van der Waals surface area contributed by atoms with E-state index in [1.54, 1.807) is 12.1 Å². The van der Waals surface area contributed by atoms with Gasteiger partial charge in [-0.15, -0.1) is 0 Å². The van der Waals surface area contributed by atoms with Crippen LogP contribution in [0.4, 0.5) is 0 Å². The summed E-state index contributed by atoms with van der Waals surface area (Å²) in [7, 11) is 0. The van der Waals surface area contributed by atoms with Crippen LogP contribution in [0.25, 0.3) is 0 Å². The molecule has 1 amide bonds. The normalized spacial score (nSPS) is 16.7. The third-order valence-corrected chi connectivity index (χ3v) is 4.21. The molecule has 1 atom stereocenters. The van der Waals surface area contributed by atoms with Gasteiger partial charge in [0.05, 0.1) is 11.1 Å². The average Bonchev–Trinajstić information content (AvgIpc) is 2.54. The van der Waals surface area contributed by atoms with E-state index in [9.17, 15) is 4.79 Å². The largest absolute Gasteiger partial charge is 0.482 e. The number of fused-ring (bicyclic) bond motifs is 1. The molecule has 2 aromatic rings. The van der Waals surface area contributed by atoms with Gasteiger partial charge in [-0.2, -0.15) is 0 Å². The molecule has 1 aliphatic rings. The quantitative estimate of drug-likeness (QED) is 0.929. The predicted octanol–water partition coefficient (Wildman–Crippen LogP) is 3.91. The number of para-hydroxylation sites is 1. The lowest BCUT2D eigenvalue weighted by Crippen LogP contribution is -2.34. The van der Waals surface area contributed by atoms with Crippen LogP contribution in [-0.2, 0) is 11.2 Å². The number of halogens is 1. The van der Waals surface area contributed by atoms with Gasteiger partial charge in [0.2, 0.25) is 0 Å². The van der Waals surface area contributed by atoms with Crippen LogP contribution < -0.4 is 10.1 Å². The van der Waals surface area contributed by atoms with Crippen LogP contribution in [0.3, 0.4) is 0 Å². The lowest BCUT2D eigenvalue weighted by molar-refractivity contribution is -0.123. The summed E-state index contributed by atoms with van der Waals surface area (Å²) in [6.45, 7) is -0.0254. The molecule has 1 N–H and O–H groups in total. The number of benzene rings is 2. The summed E-state index contributed by atoms with van der Waals surface area (Å²) in [4.78, 5) is 12.1. The highest BCUT2D eigenvalue weighted by Gasteiger charge is 2.21.